The molecule has 278 valence electrons. The van der Waals surface area contributed by atoms with Gasteiger partial charge < -0.3 is 31.9 Å². The van der Waals surface area contributed by atoms with Gasteiger partial charge in [0.15, 0.2) is 0 Å². The molecule has 0 aliphatic heterocycles. The summed E-state index contributed by atoms with van der Waals surface area (Å²) in [6.45, 7) is 7.30. The summed E-state index contributed by atoms with van der Waals surface area (Å²) >= 11 is 0. The first-order chi connectivity index (χ1) is 22.9. The fourth-order valence-corrected chi connectivity index (χ4v) is 5.43. The van der Waals surface area contributed by atoms with Crippen LogP contribution >= 0.6 is 0 Å². The second-order valence-corrected chi connectivity index (χ2v) is 13.0. The van der Waals surface area contributed by atoms with Crippen LogP contribution in [0.15, 0.2) is 0 Å². The van der Waals surface area contributed by atoms with Gasteiger partial charge in [0.2, 0.25) is 23.6 Å². The maximum Gasteiger partial charge on any atom is 0.222 e. The predicted molar refractivity (Wildman–Crippen MR) is 183 cm³/mol. The third-order valence-corrected chi connectivity index (χ3v) is 7.61. The van der Waals surface area contributed by atoms with Gasteiger partial charge in [0.05, 0.1) is 0 Å². The van der Waals surface area contributed by atoms with Crippen molar-refractivity contribution >= 4 is 52.5 Å². The van der Waals surface area contributed by atoms with Crippen LogP contribution in [0.5, 0.6) is 0 Å². The Bertz CT molecular complexity index is 1160. The Balaban J connectivity index is 4.98. The van der Waals surface area contributed by atoms with Gasteiger partial charge in [-0.15, -0.1) is 0 Å². The van der Waals surface area contributed by atoms with E-state index in [-0.39, 0.29) is 111 Å². The summed E-state index contributed by atoms with van der Waals surface area (Å²) in [7, 11) is 3.29. The molecule has 0 aromatic carbocycles. The molecule has 0 rings (SSSR count). The molecule has 5 atom stereocenters. The summed E-state index contributed by atoms with van der Waals surface area (Å²) in [5.74, 6) is -2.23. The number of unbranched alkanes of at least 4 members (excludes halogenated alkanes) is 1. The standard InChI is InChI=1S/C34H58N6O9/c1-21(41)12-26(38-34(49)20-30(16-25(5)45)40-33(48)18-28(36-7)14-23(3)43)10-8-9-11-37-31(46)19-29(15-24(4)44)39-32(47)17-27(35-6)13-22(2)42/h26-30,35-36H,8-20H2,1-7H3,(H,37,46)(H,38,49)(H,39,47)(H,40,48). The lowest BCUT2D eigenvalue weighted by Crippen LogP contribution is -2.44. The molecular weight excluding hydrogens is 636 g/mol. The van der Waals surface area contributed by atoms with Crippen LogP contribution in [-0.4, -0.2) is 103 Å². The lowest BCUT2D eigenvalue weighted by molar-refractivity contribution is -0.127. The SMILES string of the molecule is CNC(CC(C)=O)CC(=O)NC(CC(C)=O)CC(=O)NCCCCC(CC(C)=O)NC(=O)CC(CC(C)=O)NC(=O)CC(CC(C)=O)NC. The van der Waals surface area contributed by atoms with Gasteiger partial charge >= 0.3 is 0 Å². The minimum Gasteiger partial charge on any atom is -0.356 e. The number of amides is 4. The highest BCUT2D eigenvalue weighted by Crippen LogP contribution is 2.09. The molecule has 49 heavy (non-hydrogen) atoms. The molecular formula is C34H58N6O9. The summed E-state index contributed by atoms with van der Waals surface area (Å²) in [5.41, 5.74) is 0. The summed E-state index contributed by atoms with van der Waals surface area (Å²) in [6.07, 6.45) is 1.64. The first-order valence-electron chi connectivity index (χ1n) is 16.9. The fraction of sp³-hybridized carbons (Fsp3) is 0.735. The third kappa shape index (κ3) is 24.9. The van der Waals surface area contributed by atoms with Crippen molar-refractivity contribution < 1.29 is 43.2 Å². The number of hydrogen-bond donors (Lipinski definition) is 6. The van der Waals surface area contributed by atoms with Gasteiger partial charge in [-0.05, 0) is 68.0 Å². The van der Waals surface area contributed by atoms with Gasteiger partial charge in [-0.3, -0.25) is 43.2 Å². The minimum absolute atomic E-state index is 0.000930. The van der Waals surface area contributed by atoms with Crippen molar-refractivity contribution in [3.05, 3.63) is 0 Å². The quantitative estimate of drug-likeness (QED) is 0.0613. The normalized spacial score (nSPS) is 13.9. The van der Waals surface area contributed by atoms with E-state index in [2.05, 4.69) is 31.9 Å². The molecule has 0 aliphatic rings. The zero-order valence-electron chi connectivity index (χ0n) is 30.3. The van der Waals surface area contributed by atoms with Crippen LogP contribution in [0.1, 0.15) is 112 Å². The molecule has 0 bridgehead atoms. The van der Waals surface area contributed by atoms with Crippen LogP contribution in [0.3, 0.4) is 0 Å². The van der Waals surface area contributed by atoms with Crippen LogP contribution < -0.4 is 31.9 Å². The molecule has 0 saturated carbocycles. The monoisotopic (exact) mass is 694 g/mol. The van der Waals surface area contributed by atoms with E-state index in [1.54, 1.807) is 14.1 Å². The molecule has 5 unspecified atom stereocenters. The maximum absolute atomic E-state index is 12.9. The zero-order valence-corrected chi connectivity index (χ0v) is 30.3. The molecule has 0 aromatic rings. The number of rotatable bonds is 28. The summed E-state index contributed by atoms with van der Waals surface area (Å²) in [6, 6.07) is -2.67. The van der Waals surface area contributed by atoms with Crippen molar-refractivity contribution in [2.24, 2.45) is 0 Å². The van der Waals surface area contributed by atoms with Crippen LogP contribution in [0.25, 0.3) is 0 Å². The molecule has 0 radical (unpaired) electrons. The van der Waals surface area contributed by atoms with Gasteiger partial charge in [0, 0.05) is 94.5 Å². The summed E-state index contributed by atoms with van der Waals surface area (Å²) in [4.78, 5) is 109. The first kappa shape index (κ1) is 45.2. The van der Waals surface area contributed by atoms with Crippen molar-refractivity contribution in [1.29, 1.82) is 0 Å². The van der Waals surface area contributed by atoms with Crippen LogP contribution in [0, 0.1) is 0 Å². The van der Waals surface area contributed by atoms with Gasteiger partial charge in [-0.25, -0.2) is 0 Å². The molecule has 15 heteroatoms. The third-order valence-electron chi connectivity index (χ3n) is 7.61. The molecule has 15 nitrogen and oxygen atoms in total. The number of hydrogen-bond acceptors (Lipinski definition) is 11. The Morgan fingerprint density at radius 2 is 0.694 bits per heavy atom. The number of ketones is 5. The van der Waals surface area contributed by atoms with Crippen molar-refractivity contribution in [3.63, 3.8) is 0 Å². The van der Waals surface area contributed by atoms with Gasteiger partial charge in [0.25, 0.3) is 0 Å². The molecule has 0 aliphatic carbocycles. The van der Waals surface area contributed by atoms with E-state index in [0.29, 0.717) is 25.8 Å². The topological polar surface area (TPSA) is 226 Å². The number of carbonyl (C=O) groups excluding carboxylic acids is 9. The lowest BCUT2D eigenvalue weighted by Gasteiger charge is -2.22. The Labute approximate surface area is 290 Å². The number of carbonyl (C=O) groups is 9. The van der Waals surface area contributed by atoms with E-state index >= 15 is 0 Å². The van der Waals surface area contributed by atoms with Crippen molar-refractivity contribution in [2.45, 2.75) is 142 Å². The van der Waals surface area contributed by atoms with E-state index < -0.39 is 29.9 Å². The number of Topliss-reactive ketones (excluding diaryl/α,β-unsaturated/α-hetero) is 5. The molecule has 0 aromatic heterocycles. The lowest BCUT2D eigenvalue weighted by atomic mass is 10.0. The Morgan fingerprint density at radius 3 is 1.06 bits per heavy atom. The van der Waals surface area contributed by atoms with Crippen LogP contribution in [0.2, 0.25) is 0 Å². The Morgan fingerprint density at radius 1 is 0.388 bits per heavy atom. The average molecular weight is 695 g/mol. The van der Waals surface area contributed by atoms with Crippen molar-refractivity contribution in [2.75, 3.05) is 20.6 Å². The average Bonchev–Trinajstić information content (AvgIpc) is 2.94. The number of nitrogens with one attached hydrogen (secondary N) is 6. The maximum atomic E-state index is 12.9. The van der Waals surface area contributed by atoms with Gasteiger partial charge in [-0.2, -0.15) is 0 Å². The molecule has 0 saturated heterocycles. The molecule has 6 N–H and O–H groups in total. The Hall–Kier alpha value is -3.85. The Kier molecular flexibility index (Phi) is 23.2. The van der Waals surface area contributed by atoms with Crippen LogP contribution in [0.4, 0.5) is 0 Å². The van der Waals surface area contributed by atoms with Crippen molar-refractivity contribution in [1.82, 2.24) is 31.9 Å². The van der Waals surface area contributed by atoms with Gasteiger partial charge in [-0.1, -0.05) is 0 Å². The first-order valence-corrected chi connectivity index (χ1v) is 16.9. The summed E-state index contributed by atoms with van der Waals surface area (Å²) < 4.78 is 0. The smallest absolute Gasteiger partial charge is 0.222 e. The minimum atomic E-state index is -0.755. The van der Waals surface area contributed by atoms with E-state index in [0.717, 1.165) is 0 Å². The van der Waals surface area contributed by atoms with E-state index in [1.807, 2.05) is 0 Å². The van der Waals surface area contributed by atoms with Crippen molar-refractivity contribution in [3.8, 4) is 0 Å². The second-order valence-electron chi connectivity index (χ2n) is 13.0. The predicted octanol–water partition coefficient (Wildman–Crippen LogP) is 0.359. The fourth-order valence-electron chi connectivity index (χ4n) is 5.43. The highest BCUT2D eigenvalue weighted by Gasteiger charge is 2.24. The van der Waals surface area contributed by atoms with E-state index in [9.17, 15) is 43.2 Å². The van der Waals surface area contributed by atoms with E-state index in [1.165, 1.54) is 34.6 Å². The zero-order chi connectivity index (χ0) is 37.5. The molecule has 4 amide bonds. The molecule has 0 heterocycles. The molecule has 0 fully saturated rings. The largest absolute Gasteiger partial charge is 0.356 e. The highest BCUT2D eigenvalue weighted by molar-refractivity contribution is 5.85. The second kappa shape index (κ2) is 25.2. The van der Waals surface area contributed by atoms with Crippen LogP contribution in [-0.2, 0) is 43.2 Å². The van der Waals surface area contributed by atoms with E-state index in [4.69, 9.17) is 0 Å². The van der Waals surface area contributed by atoms with Gasteiger partial charge in [0.1, 0.15) is 28.9 Å². The molecule has 0 spiro atoms. The summed E-state index contributed by atoms with van der Waals surface area (Å²) in [5, 5.41) is 16.9. The highest BCUT2D eigenvalue weighted by atomic mass is 16.2.